The number of ether oxygens (including phenoxy) is 2. The smallest absolute Gasteiger partial charge is 0.263 e. The number of hydrogen-bond donors (Lipinski definition) is 1. The summed E-state index contributed by atoms with van der Waals surface area (Å²) in [7, 11) is 0. The molecule has 0 spiro atoms. The number of aromatic nitrogens is 1. The Hall–Kier alpha value is -3.11. The number of fused-ring (bicyclic) bond motifs is 1. The van der Waals surface area contributed by atoms with E-state index in [-0.39, 0.29) is 24.7 Å². The summed E-state index contributed by atoms with van der Waals surface area (Å²) in [6.45, 7) is 1.02. The van der Waals surface area contributed by atoms with Crippen LogP contribution in [-0.2, 0) is 9.53 Å². The molecule has 1 saturated heterocycles. The summed E-state index contributed by atoms with van der Waals surface area (Å²) in [4.78, 5) is 18.3. The van der Waals surface area contributed by atoms with Gasteiger partial charge in [-0.05, 0) is 17.7 Å². The van der Waals surface area contributed by atoms with Crippen LogP contribution in [0.5, 0.6) is 5.75 Å². The quantitative estimate of drug-likeness (QED) is 0.914. The molecule has 1 aromatic carbocycles. The number of nitrogens with zero attached hydrogens (tertiary/aromatic N) is 3. The van der Waals surface area contributed by atoms with Gasteiger partial charge in [-0.15, -0.1) is 0 Å². The highest BCUT2D eigenvalue weighted by atomic mass is 16.5. The number of benzene rings is 1. The average molecular weight is 350 g/mol. The Bertz CT molecular complexity index is 850. The molecule has 0 bridgehead atoms. The van der Waals surface area contributed by atoms with Crippen LogP contribution in [0.3, 0.4) is 0 Å². The average Bonchev–Trinajstić information content (AvgIpc) is 2.68. The molecular formula is C19H18N4O3. The second-order valence-electron chi connectivity index (χ2n) is 6.25. The van der Waals surface area contributed by atoms with Crippen molar-refractivity contribution in [3.63, 3.8) is 0 Å². The van der Waals surface area contributed by atoms with Crippen molar-refractivity contribution < 1.29 is 14.3 Å². The Morgan fingerprint density at radius 3 is 2.92 bits per heavy atom. The molecule has 0 radical (unpaired) electrons. The van der Waals surface area contributed by atoms with Crippen molar-refractivity contribution >= 4 is 17.5 Å². The van der Waals surface area contributed by atoms with Gasteiger partial charge in [0.2, 0.25) is 0 Å². The summed E-state index contributed by atoms with van der Waals surface area (Å²) in [5, 5.41) is 11.8. The van der Waals surface area contributed by atoms with Gasteiger partial charge in [-0.2, -0.15) is 5.26 Å². The molecule has 7 nitrogen and oxygen atoms in total. The summed E-state index contributed by atoms with van der Waals surface area (Å²) in [5.41, 5.74) is 1.11. The first kappa shape index (κ1) is 16.4. The van der Waals surface area contributed by atoms with Crippen molar-refractivity contribution in [3.8, 4) is 11.8 Å². The van der Waals surface area contributed by atoms with E-state index in [2.05, 4.69) is 33.4 Å². The van der Waals surface area contributed by atoms with Crippen molar-refractivity contribution in [1.82, 2.24) is 4.98 Å². The Balaban J connectivity index is 1.68. The first-order valence-electron chi connectivity index (χ1n) is 8.48. The molecule has 7 heteroatoms. The van der Waals surface area contributed by atoms with E-state index < -0.39 is 0 Å². The van der Waals surface area contributed by atoms with Gasteiger partial charge in [-0.1, -0.05) is 30.3 Å². The third kappa shape index (κ3) is 3.19. The molecule has 1 fully saturated rings. The van der Waals surface area contributed by atoms with Crippen LogP contribution in [0.25, 0.3) is 0 Å². The van der Waals surface area contributed by atoms with Crippen LogP contribution in [0.15, 0.2) is 42.5 Å². The van der Waals surface area contributed by atoms with E-state index in [1.54, 1.807) is 0 Å². The van der Waals surface area contributed by atoms with E-state index in [0.29, 0.717) is 31.1 Å². The first-order chi connectivity index (χ1) is 12.7. The topological polar surface area (TPSA) is 87.5 Å². The predicted molar refractivity (Wildman–Crippen MR) is 94.9 cm³/mol. The zero-order valence-electron chi connectivity index (χ0n) is 14.1. The van der Waals surface area contributed by atoms with Crippen LogP contribution in [0.2, 0.25) is 0 Å². The fourth-order valence-electron chi connectivity index (χ4n) is 3.26. The van der Waals surface area contributed by atoms with E-state index in [9.17, 15) is 4.79 Å². The molecule has 2 aromatic rings. The number of pyridine rings is 1. The molecule has 1 aromatic heterocycles. The van der Waals surface area contributed by atoms with E-state index in [0.717, 1.165) is 11.4 Å². The van der Waals surface area contributed by atoms with Crippen molar-refractivity contribution in [3.05, 3.63) is 48.0 Å². The molecule has 3 heterocycles. The van der Waals surface area contributed by atoms with E-state index in [4.69, 9.17) is 14.7 Å². The Morgan fingerprint density at radius 1 is 1.27 bits per heavy atom. The summed E-state index contributed by atoms with van der Waals surface area (Å²) < 4.78 is 11.3. The van der Waals surface area contributed by atoms with Crippen LogP contribution in [0.4, 0.5) is 11.6 Å². The van der Waals surface area contributed by atoms with Gasteiger partial charge in [-0.25, -0.2) is 4.98 Å². The molecule has 1 amide bonds. The van der Waals surface area contributed by atoms with E-state index in [1.807, 2.05) is 30.3 Å². The minimum Gasteiger partial charge on any atom is -0.480 e. The number of morpholine rings is 1. The highest BCUT2D eigenvalue weighted by Gasteiger charge is 2.31. The fourth-order valence-corrected chi connectivity index (χ4v) is 3.26. The molecule has 0 aliphatic carbocycles. The summed E-state index contributed by atoms with van der Waals surface area (Å²) >= 11 is 0. The monoisotopic (exact) mass is 350 g/mol. The molecule has 1 N–H and O–H groups in total. The van der Waals surface area contributed by atoms with Crippen LogP contribution in [0, 0.1) is 11.3 Å². The van der Waals surface area contributed by atoms with Gasteiger partial charge >= 0.3 is 0 Å². The largest absolute Gasteiger partial charge is 0.480 e. The van der Waals surface area contributed by atoms with Crippen LogP contribution < -0.4 is 15.0 Å². The molecular weight excluding hydrogens is 332 g/mol. The third-order valence-electron chi connectivity index (χ3n) is 4.52. The fraction of sp³-hybridized carbons (Fsp3) is 0.316. The Kier molecular flexibility index (Phi) is 4.42. The minimum atomic E-state index is -0.217. The molecule has 4 rings (SSSR count). The van der Waals surface area contributed by atoms with Crippen molar-refractivity contribution in [2.24, 2.45) is 0 Å². The van der Waals surface area contributed by atoms with Gasteiger partial charge in [0.1, 0.15) is 5.82 Å². The lowest BCUT2D eigenvalue weighted by Gasteiger charge is -2.40. The number of rotatable bonds is 3. The maximum absolute atomic E-state index is 11.6. The standard InChI is InChI=1S/C19H18N4O3/c20-9-8-14-10-23(15(11-25-14)13-4-2-1-3-5-13)17-7-6-16-19(21-17)22-18(24)12-26-16/h1-7,14-15H,8,10-12H2,(H,21,22,24). The second-order valence-corrected chi connectivity index (χ2v) is 6.25. The second kappa shape index (κ2) is 7.02. The molecule has 2 atom stereocenters. The van der Waals surface area contributed by atoms with Crippen LogP contribution in [-0.4, -0.2) is 36.8 Å². The lowest BCUT2D eigenvalue weighted by atomic mass is 10.0. The van der Waals surface area contributed by atoms with Crippen molar-refractivity contribution in [2.75, 3.05) is 30.0 Å². The highest BCUT2D eigenvalue weighted by Crippen LogP contribution is 2.34. The number of carbonyl (C=O) groups is 1. The van der Waals surface area contributed by atoms with E-state index in [1.165, 1.54) is 0 Å². The molecule has 2 aliphatic rings. The summed E-state index contributed by atoms with van der Waals surface area (Å²) in [5.74, 6) is 1.49. The Labute approximate surface area is 151 Å². The van der Waals surface area contributed by atoms with Crippen molar-refractivity contribution in [1.29, 1.82) is 5.26 Å². The van der Waals surface area contributed by atoms with Gasteiger partial charge in [0.25, 0.3) is 5.91 Å². The first-order valence-corrected chi connectivity index (χ1v) is 8.48. The van der Waals surface area contributed by atoms with Gasteiger partial charge < -0.3 is 19.7 Å². The maximum atomic E-state index is 11.6. The van der Waals surface area contributed by atoms with E-state index >= 15 is 0 Å². The third-order valence-corrected chi connectivity index (χ3v) is 4.52. The Morgan fingerprint density at radius 2 is 2.12 bits per heavy atom. The number of amides is 1. The SMILES string of the molecule is N#CCC1CN(c2ccc3c(n2)NC(=O)CO3)C(c2ccccc2)CO1. The minimum absolute atomic E-state index is 0.00245. The van der Waals surface area contributed by atoms with Crippen molar-refractivity contribution in [2.45, 2.75) is 18.6 Å². The summed E-state index contributed by atoms with van der Waals surface area (Å²) in [6, 6.07) is 15.9. The van der Waals surface area contributed by atoms with Gasteiger partial charge in [0.05, 0.1) is 31.2 Å². The van der Waals surface area contributed by atoms with Gasteiger partial charge in [-0.3, -0.25) is 4.79 Å². The number of hydrogen-bond acceptors (Lipinski definition) is 6. The molecule has 2 unspecified atom stereocenters. The van der Waals surface area contributed by atoms with Crippen LogP contribution in [0.1, 0.15) is 18.0 Å². The number of nitrogens with one attached hydrogen (secondary N) is 1. The predicted octanol–water partition coefficient (Wildman–Crippen LogP) is 2.27. The number of anilines is 2. The summed E-state index contributed by atoms with van der Waals surface area (Å²) in [6.07, 6.45) is 0.145. The number of nitriles is 1. The van der Waals surface area contributed by atoms with Gasteiger partial charge in [0.15, 0.2) is 18.2 Å². The zero-order chi connectivity index (χ0) is 17.9. The lowest BCUT2D eigenvalue weighted by Crippen LogP contribution is -2.45. The molecule has 132 valence electrons. The van der Waals surface area contributed by atoms with Gasteiger partial charge in [0, 0.05) is 6.54 Å². The molecule has 0 saturated carbocycles. The van der Waals surface area contributed by atoms with Crippen LogP contribution >= 0.6 is 0 Å². The molecule has 2 aliphatic heterocycles. The lowest BCUT2D eigenvalue weighted by molar-refractivity contribution is -0.118. The molecule has 26 heavy (non-hydrogen) atoms. The normalized spacial score (nSPS) is 22.0. The zero-order valence-corrected chi connectivity index (χ0v) is 14.1. The number of carbonyl (C=O) groups excluding carboxylic acids is 1. The maximum Gasteiger partial charge on any atom is 0.263 e. The highest BCUT2D eigenvalue weighted by molar-refractivity contribution is 5.94.